The number of nitrogens with zero attached hydrogens (tertiary/aromatic N) is 1. The highest BCUT2D eigenvalue weighted by Gasteiger charge is 2.55. The standard InChI is InChI=1S/C27H38FNO6S/c1-15-7-5-8-26(4)22(35-26)12-20(19(28)11-18-14-36-17(3)29-18)34-23(31)13-21(30)27(9-6-10-27)25(33)16(2)24(15)32/h11,14-16,20-22,24,30,32H,5-10,12-13H2,1-4H3/t15-,16+,20-,21-,22-,24-,26+/m0/s1. The van der Waals surface area contributed by atoms with E-state index in [2.05, 4.69) is 4.98 Å². The summed E-state index contributed by atoms with van der Waals surface area (Å²) in [6, 6.07) is 0. The van der Waals surface area contributed by atoms with Crippen molar-refractivity contribution < 1.29 is 33.7 Å². The van der Waals surface area contributed by atoms with Gasteiger partial charge in [-0.15, -0.1) is 11.3 Å². The lowest BCUT2D eigenvalue weighted by Gasteiger charge is -2.46. The van der Waals surface area contributed by atoms with Gasteiger partial charge < -0.3 is 19.7 Å². The van der Waals surface area contributed by atoms with Gasteiger partial charge in [-0.05, 0) is 51.5 Å². The maximum absolute atomic E-state index is 15.3. The fourth-order valence-electron chi connectivity index (χ4n) is 5.81. The van der Waals surface area contributed by atoms with Gasteiger partial charge in [-0.3, -0.25) is 9.59 Å². The smallest absolute Gasteiger partial charge is 0.309 e. The normalized spacial score (nSPS) is 38.2. The number of halogens is 1. The molecule has 3 heterocycles. The van der Waals surface area contributed by atoms with E-state index in [-0.39, 0.29) is 24.2 Å². The molecule has 1 aliphatic carbocycles. The number of ketones is 1. The molecule has 0 unspecified atom stereocenters. The van der Waals surface area contributed by atoms with Crippen LogP contribution in [0.2, 0.25) is 0 Å². The summed E-state index contributed by atoms with van der Waals surface area (Å²) in [4.78, 5) is 30.6. The number of epoxide rings is 1. The first-order chi connectivity index (χ1) is 16.9. The number of fused-ring (bicyclic) bond motifs is 1. The molecule has 0 aromatic carbocycles. The Hall–Kier alpha value is -1.68. The maximum atomic E-state index is 15.3. The molecule has 3 aliphatic rings. The van der Waals surface area contributed by atoms with Gasteiger partial charge in [0.2, 0.25) is 0 Å². The lowest BCUT2D eigenvalue weighted by molar-refractivity contribution is -0.162. The highest BCUT2D eigenvalue weighted by molar-refractivity contribution is 7.09. The van der Waals surface area contributed by atoms with Crippen molar-refractivity contribution in [1.82, 2.24) is 4.98 Å². The number of esters is 1. The molecule has 0 radical (unpaired) electrons. The third-order valence-electron chi connectivity index (χ3n) is 8.54. The van der Waals surface area contributed by atoms with Crippen LogP contribution in [0.25, 0.3) is 6.08 Å². The molecule has 0 bridgehead atoms. The number of carbonyl (C=O) groups is 2. The Balaban J connectivity index is 1.58. The molecule has 3 fully saturated rings. The van der Waals surface area contributed by atoms with Gasteiger partial charge in [0.25, 0.3) is 0 Å². The van der Waals surface area contributed by atoms with Gasteiger partial charge in [-0.2, -0.15) is 0 Å². The van der Waals surface area contributed by atoms with Crippen molar-refractivity contribution in [3.8, 4) is 0 Å². The molecule has 0 amide bonds. The van der Waals surface area contributed by atoms with E-state index in [1.807, 2.05) is 20.8 Å². The van der Waals surface area contributed by atoms with E-state index in [1.165, 1.54) is 17.4 Å². The number of Topliss-reactive ketones (excluding diaryl/α,β-unsaturated/α-hetero) is 1. The molecule has 2 aliphatic heterocycles. The molecule has 4 rings (SSSR count). The van der Waals surface area contributed by atoms with Crippen LogP contribution in [-0.4, -0.2) is 57.0 Å². The average Bonchev–Trinajstić information content (AvgIpc) is 3.22. The Morgan fingerprint density at radius 3 is 2.56 bits per heavy atom. The van der Waals surface area contributed by atoms with Crippen LogP contribution in [-0.2, 0) is 19.1 Å². The van der Waals surface area contributed by atoms with Gasteiger partial charge in [0, 0.05) is 17.7 Å². The van der Waals surface area contributed by atoms with Crippen LogP contribution in [0.4, 0.5) is 4.39 Å². The van der Waals surface area contributed by atoms with Crippen molar-refractivity contribution in [2.24, 2.45) is 17.3 Å². The molecule has 36 heavy (non-hydrogen) atoms. The Kier molecular flexibility index (Phi) is 8.05. The molecule has 200 valence electrons. The summed E-state index contributed by atoms with van der Waals surface area (Å²) < 4.78 is 26.8. The number of hydrogen-bond donors (Lipinski definition) is 2. The SMILES string of the molecule is Cc1nc(C=C(F)[C@@H]2C[C@@H]3O[C@]3(C)CCC[C@H](C)[C@H](O)[C@@H](C)C(=O)C3(CCC3)[C@@H](O)CC(=O)O2)cs1. The van der Waals surface area contributed by atoms with E-state index < -0.39 is 53.5 Å². The van der Waals surface area contributed by atoms with Gasteiger partial charge in [0.15, 0.2) is 6.10 Å². The summed E-state index contributed by atoms with van der Waals surface area (Å²) >= 11 is 1.40. The van der Waals surface area contributed by atoms with Gasteiger partial charge in [-0.25, -0.2) is 9.37 Å². The van der Waals surface area contributed by atoms with Crippen LogP contribution >= 0.6 is 11.3 Å². The van der Waals surface area contributed by atoms with Crippen molar-refractivity contribution >= 4 is 29.2 Å². The quantitative estimate of drug-likeness (QED) is 0.433. The van der Waals surface area contributed by atoms with E-state index >= 15 is 4.39 Å². The average molecular weight is 524 g/mol. The third kappa shape index (κ3) is 5.59. The first-order valence-corrected chi connectivity index (χ1v) is 13.9. The number of cyclic esters (lactones) is 1. The lowest BCUT2D eigenvalue weighted by Crippen LogP contribution is -2.53. The van der Waals surface area contributed by atoms with E-state index in [9.17, 15) is 19.8 Å². The van der Waals surface area contributed by atoms with Gasteiger partial charge in [0.05, 0.1) is 46.5 Å². The lowest BCUT2D eigenvalue weighted by atomic mass is 9.58. The number of carbonyl (C=O) groups excluding carboxylic acids is 2. The third-order valence-corrected chi connectivity index (χ3v) is 9.33. The van der Waals surface area contributed by atoms with Crippen LogP contribution < -0.4 is 0 Å². The fraction of sp³-hybridized carbons (Fsp3) is 0.741. The van der Waals surface area contributed by atoms with Crippen molar-refractivity contribution in [1.29, 1.82) is 0 Å². The van der Waals surface area contributed by atoms with Crippen molar-refractivity contribution in [3.63, 3.8) is 0 Å². The summed E-state index contributed by atoms with van der Waals surface area (Å²) in [6.45, 7) is 7.43. The summed E-state index contributed by atoms with van der Waals surface area (Å²) in [5.41, 5.74) is -1.07. The molecule has 1 aromatic heterocycles. The summed E-state index contributed by atoms with van der Waals surface area (Å²) in [6.07, 6.45) is 1.40. The number of thiazole rings is 1. The number of aliphatic hydroxyl groups excluding tert-OH is 2. The number of ether oxygens (including phenoxy) is 2. The van der Waals surface area contributed by atoms with Crippen LogP contribution in [0.15, 0.2) is 11.2 Å². The molecule has 1 saturated carbocycles. The highest BCUT2D eigenvalue weighted by atomic mass is 32.1. The second kappa shape index (κ2) is 10.6. The zero-order valence-corrected chi connectivity index (χ0v) is 22.4. The predicted octanol–water partition coefficient (Wildman–Crippen LogP) is 4.53. The number of rotatable bonds is 2. The topological polar surface area (TPSA) is 109 Å². The van der Waals surface area contributed by atoms with Crippen molar-refractivity contribution in [2.75, 3.05) is 0 Å². The molecule has 2 saturated heterocycles. The van der Waals surface area contributed by atoms with Crippen LogP contribution in [0.1, 0.15) is 82.8 Å². The van der Waals surface area contributed by atoms with Crippen molar-refractivity contribution in [2.45, 2.75) is 109 Å². The monoisotopic (exact) mass is 523 g/mol. The molecule has 7 nitrogen and oxygen atoms in total. The predicted molar refractivity (Wildman–Crippen MR) is 134 cm³/mol. The first-order valence-electron chi connectivity index (χ1n) is 13.0. The second-order valence-corrected chi connectivity index (χ2v) is 12.3. The van der Waals surface area contributed by atoms with E-state index in [1.54, 1.807) is 12.3 Å². The Labute approximate surface area is 216 Å². The number of aryl methyl sites for hydroxylation is 1. The maximum Gasteiger partial charge on any atom is 0.309 e. The molecule has 9 heteroatoms. The fourth-order valence-corrected chi connectivity index (χ4v) is 6.38. The zero-order valence-electron chi connectivity index (χ0n) is 21.5. The summed E-state index contributed by atoms with van der Waals surface area (Å²) in [5.74, 6) is -2.36. The van der Waals surface area contributed by atoms with Gasteiger partial charge in [-0.1, -0.05) is 26.7 Å². The minimum atomic E-state index is -1.25. The molecular formula is C27H38FNO6S. The van der Waals surface area contributed by atoms with Crippen molar-refractivity contribution in [3.05, 3.63) is 21.9 Å². The minimum absolute atomic E-state index is 0.105. The molecule has 7 atom stereocenters. The van der Waals surface area contributed by atoms with E-state index in [0.717, 1.165) is 30.7 Å². The Morgan fingerprint density at radius 2 is 1.94 bits per heavy atom. The number of aliphatic hydroxyl groups is 2. The zero-order chi connectivity index (χ0) is 26.3. The first kappa shape index (κ1) is 27.4. The highest BCUT2D eigenvalue weighted by Crippen LogP contribution is 2.49. The van der Waals surface area contributed by atoms with Crippen LogP contribution in [0.3, 0.4) is 0 Å². The largest absolute Gasteiger partial charge is 0.455 e. The van der Waals surface area contributed by atoms with Crippen LogP contribution in [0.5, 0.6) is 0 Å². The van der Waals surface area contributed by atoms with Gasteiger partial charge in [0.1, 0.15) is 11.6 Å². The minimum Gasteiger partial charge on any atom is -0.455 e. The van der Waals surface area contributed by atoms with E-state index in [4.69, 9.17) is 9.47 Å². The van der Waals surface area contributed by atoms with Crippen LogP contribution in [0, 0.1) is 24.2 Å². The molecule has 1 spiro atoms. The second-order valence-electron chi connectivity index (χ2n) is 11.2. The summed E-state index contributed by atoms with van der Waals surface area (Å²) in [7, 11) is 0. The number of aromatic nitrogens is 1. The molecule has 1 aromatic rings. The summed E-state index contributed by atoms with van der Waals surface area (Å²) in [5, 5.41) is 24.5. The Bertz CT molecular complexity index is 1010. The van der Waals surface area contributed by atoms with Gasteiger partial charge >= 0.3 is 5.97 Å². The Morgan fingerprint density at radius 1 is 1.22 bits per heavy atom. The van der Waals surface area contributed by atoms with E-state index in [0.29, 0.717) is 18.5 Å². The molecule has 2 N–H and O–H groups in total. The number of hydrogen-bond acceptors (Lipinski definition) is 8. The molecular weight excluding hydrogens is 485 g/mol.